The molecular weight excluding hydrogens is 346 g/mol. The second-order valence-electron chi connectivity index (χ2n) is 6.40. The van der Waals surface area contributed by atoms with Crippen LogP contribution < -0.4 is 10.6 Å². The molecule has 0 saturated heterocycles. The normalized spacial score (nSPS) is 14.6. The number of benzene rings is 1. The fourth-order valence-corrected chi connectivity index (χ4v) is 2.73. The lowest BCUT2D eigenvalue weighted by atomic mass is 10.1. The Balaban J connectivity index is 1.72. The molecule has 1 aliphatic carbocycles. The molecule has 1 heterocycles. The minimum Gasteiger partial charge on any atom is -0.353 e. The molecule has 1 aliphatic rings. The van der Waals surface area contributed by atoms with Crippen LogP contribution in [0.2, 0.25) is 0 Å². The van der Waals surface area contributed by atoms with Gasteiger partial charge in [0.1, 0.15) is 6.04 Å². The number of carbonyl (C=O) groups excluding carboxylic acids is 2. The van der Waals surface area contributed by atoms with Crippen LogP contribution in [0.4, 0.5) is 0 Å². The summed E-state index contributed by atoms with van der Waals surface area (Å²) in [6.45, 7) is 0. The van der Waals surface area contributed by atoms with E-state index in [1.807, 2.05) is 6.07 Å². The average Bonchev–Trinajstić information content (AvgIpc) is 3.52. The number of nitrogens with zero attached hydrogens (tertiary/aromatic N) is 1. The maximum Gasteiger partial charge on any atom is 0.251 e. The maximum absolute atomic E-state index is 12.7. The van der Waals surface area contributed by atoms with Crippen LogP contribution in [-0.2, 0) is 9.47 Å². The highest BCUT2D eigenvalue weighted by Crippen LogP contribution is 2.21. The first kappa shape index (κ1) is 19.0. The summed E-state index contributed by atoms with van der Waals surface area (Å²) in [5, 5.41) is 5.84. The van der Waals surface area contributed by atoms with Gasteiger partial charge in [-0.2, -0.15) is 0 Å². The molecule has 3 rings (SSSR count). The van der Waals surface area contributed by atoms with Crippen LogP contribution in [0.25, 0.3) is 0 Å². The molecule has 1 saturated carbocycles. The second-order valence-corrected chi connectivity index (χ2v) is 6.40. The van der Waals surface area contributed by atoms with Crippen molar-refractivity contribution in [2.45, 2.75) is 31.2 Å². The van der Waals surface area contributed by atoms with Crippen LogP contribution in [0.3, 0.4) is 0 Å². The largest absolute Gasteiger partial charge is 0.353 e. The van der Waals surface area contributed by atoms with Crippen molar-refractivity contribution in [3.63, 3.8) is 0 Å². The number of pyridine rings is 1. The number of aromatic nitrogens is 1. The molecule has 2 amide bonds. The molecule has 7 nitrogen and oxygen atoms in total. The molecule has 27 heavy (non-hydrogen) atoms. The van der Waals surface area contributed by atoms with E-state index in [0.717, 1.165) is 18.4 Å². The first-order chi connectivity index (χ1) is 13.1. The van der Waals surface area contributed by atoms with E-state index in [2.05, 4.69) is 15.6 Å². The molecule has 0 radical (unpaired) electrons. The minimum atomic E-state index is -0.665. The Labute approximate surface area is 158 Å². The van der Waals surface area contributed by atoms with Gasteiger partial charge in [0, 0.05) is 43.8 Å². The van der Waals surface area contributed by atoms with Crippen molar-refractivity contribution in [1.29, 1.82) is 0 Å². The Morgan fingerprint density at radius 1 is 1.04 bits per heavy atom. The predicted octanol–water partition coefficient (Wildman–Crippen LogP) is 2.06. The lowest BCUT2D eigenvalue weighted by Crippen LogP contribution is -2.38. The van der Waals surface area contributed by atoms with Crippen LogP contribution in [0.15, 0.2) is 48.8 Å². The van der Waals surface area contributed by atoms with Crippen LogP contribution in [0, 0.1) is 0 Å². The number of ether oxygens (including phenoxy) is 2. The molecule has 1 atom stereocenters. The van der Waals surface area contributed by atoms with Crippen LogP contribution in [-0.4, -0.2) is 43.3 Å². The molecule has 1 aromatic heterocycles. The summed E-state index contributed by atoms with van der Waals surface area (Å²) in [5.41, 5.74) is 1.74. The molecular formula is C20H23N3O4. The number of nitrogens with one attached hydrogen (secondary N) is 2. The third-order valence-corrected chi connectivity index (χ3v) is 4.39. The van der Waals surface area contributed by atoms with Crippen molar-refractivity contribution in [3.05, 3.63) is 65.5 Å². The fourth-order valence-electron chi connectivity index (χ4n) is 2.73. The zero-order chi connectivity index (χ0) is 19.2. The van der Waals surface area contributed by atoms with Gasteiger partial charge in [0.05, 0.1) is 0 Å². The minimum absolute atomic E-state index is 0.114. The van der Waals surface area contributed by atoms with Crippen molar-refractivity contribution < 1.29 is 19.1 Å². The van der Waals surface area contributed by atoms with Crippen LogP contribution >= 0.6 is 0 Å². The lowest BCUT2D eigenvalue weighted by molar-refractivity contribution is -0.122. The number of carbonyl (C=O) groups is 2. The fraction of sp³-hybridized carbons (Fsp3) is 0.350. The maximum atomic E-state index is 12.7. The van der Waals surface area contributed by atoms with Gasteiger partial charge in [-0.15, -0.1) is 0 Å². The van der Waals surface area contributed by atoms with Crippen LogP contribution in [0.1, 0.15) is 45.2 Å². The summed E-state index contributed by atoms with van der Waals surface area (Å²) < 4.78 is 10.7. The summed E-state index contributed by atoms with van der Waals surface area (Å²) in [7, 11) is 3.02. The van der Waals surface area contributed by atoms with E-state index >= 15 is 0 Å². The summed E-state index contributed by atoms with van der Waals surface area (Å²) in [6, 6.07) is 9.95. The number of rotatable bonds is 8. The summed E-state index contributed by atoms with van der Waals surface area (Å²) in [6.07, 6.45) is 4.70. The molecule has 7 heteroatoms. The second kappa shape index (κ2) is 8.75. The van der Waals surface area contributed by atoms with Crippen molar-refractivity contribution >= 4 is 11.8 Å². The van der Waals surface area contributed by atoms with Crippen molar-refractivity contribution in [2.24, 2.45) is 0 Å². The molecule has 1 aromatic carbocycles. The van der Waals surface area contributed by atoms with Gasteiger partial charge in [-0.1, -0.05) is 6.07 Å². The van der Waals surface area contributed by atoms with E-state index in [1.54, 1.807) is 42.7 Å². The first-order valence-corrected chi connectivity index (χ1v) is 8.79. The zero-order valence-corrected chi connectivity index (χ0v) is 15.3. The van der Waals surface area contributed by atoms with Gasteiger partial charge in [0.25, 0.3) is 11.8 Å². The Morgan fingerprint density at radius 2 is 1.67 bits per heavy atom. The number of hydrogen-bond acceptors (Lipinski definition) is 5. The number of methoxy groups -OCH3 is 2. The van der Waals surface area contributed by atoms with E-state index in [4.69, 9.17) is 9.47 Å². The average molecular weight is 369 g/mol. The predicted molar refractivity (Wildman–Crippen MR) is 99.2 cm³/mol. The zero-order valence-electron chi connectivity index (χ0n) is 15.3. The highest BCUT2D eigenvalue weighted by molar-refractivity contribution is 5.98. The topological polar surface area (TPSA) is 89.5 Å². The molecule has 1 fully saturated rings. The van der Waals surface area contributed by atoms with Crippen molar-refractivity contribution in [3.8, 4) is 0 Å². The summed E-state index contributed by atoms with van der Waals surface area (Å²) in [4.78, 5) is 28.8. The smallest absolute Gasteiger partial charge is 0.251 e. The van der Waals surface area contributed by atoms with Crippen molar-refractivity contribution in [2.75, 3.05) is 14.2 Å². The van der Waals surface area contributed by atoms with Crippen molar-refractivity contribution in [1.82, 2.24) is 15.6 Å². The summed E-state index contributed by atoms with van der Waals surface area (Å²) >= 11 is 0. The van der Waals surface area contributed by atoms with Gasteiger partial charge in [0.2, 0.25) is 0 Å². The highest BCUT2D eigenvalue weighted by Gasteiger charge is 2.26. The molecule has 0 bridgehead atoms. The van der Waals surface area contributed by atoms with E-state index in [9.17, 15) is 9.59 Å². The molecule has 2 N–H and O–H groups in total. The van der Waals surface area contributed by atoms with E-state index in [-0.39, 0.29) is 11.8 Å². The monoisotopic (exact) mass is 369 g/mol. The number of hydrogen-bond donors (Lipinski definition) is 2. The molecule has 0 aliphatic heterocycles. The van der Waals surface area contributed by atoms with Gasteiger partial charge in [-0.3, -0.25) is 14.6 Å². The Morgan fingerprint density at radius 3 is 2.19 bits per heavy atom. The van der Waals surface area contributed by atoms with Gasteiger partial charge in [-0.05, 0) is 48.7 Å². The molecule has 2 aromatic rings. The van der Waals surface area contributed by atoms with Crippen LogP contribution in [0.5, 0.6) is 0 Å². The molecule has 0 spiro atoms. The quantitative estimate of drug-likeness (QED) is 0.695. The van der Waals surface area contributed by atoms with Gasteiger partial charge in [0.15, 0.2) is 6.29 Å². The standard InChI is InChI=1S/C20H23N3O4/c1-26-20(27-2)17(15-4-3-11-21-12-15)23-19(25)14-7-5-13(6-8-14)18(24)22-16-9-10-16/h3-8,11-12,16-17,20H,9-10H2,1-2H3,(H,22,24)(H,23,25)/t17-/m0/s1. The SMILES string of the molecule is COC(OC)[C@@H](NC(=O)c1ccc(C(=O)NC2CC2)cc1)c1cccnc1. The van der Waals surface area contributed by atoms with E-state index in [0.29, 0.717) is 17.2 Å². The van der Waals surface area contributed by atoms with Gasteiger partial charge >= 0.3 is 0 Å². The Kier molecular flexibility index (Phi) is 6.16. The third kappa shape index (κ3) is 4.90. The first-order valence-electron chi connectivity index (χ1n) is 8.79. The Hall–Kier alpha value is -2.77. The third-order valence-electron chi connectivity index (χ3n) is 4.39. The summed E-state index contributed by atoms with van der Waals surface area (Å²) in [5.74, 6) is -0.409. The molecule has 142 valence electrons. The van der Waals surface area contributed by atoms with E-state index in [1.165, 1.54) is 14.2 Å². The Bertz CT molecular complexity index is 772. The lowest BCUT2D eigenvalue weighted by Gasteiger charge is -2.26. The number of amides is 2. The van der Waals surface area contributed by atoms with E-state index < -0.39 is 12.3 Å². The highest BCUT2D eigenvalue weighted by atomic mass is 16.7. The van der Waals surface area contributed by atoms with Gasteiger partial charge in [-0.25, -0.2) is 0 Å². The molecule has 0 unspecified atom stereocenters. The van der Waals surface area contributed by atoms with Gasteiger partial charge < -0.3 is 20.1 Å².